The van der Waals surface area contributed by atoms with Gasteiger partial charge in [-0.2, -0.15) is 0 Å². The number of carbonyl (C=O) groups is 2. The van der Waals surface area contributed by atoms with E-state index in [0.29, 0.717) is 10.6 Å². The highest BCUT2D eigenvalue weighted by molar-refractivity contribution is 9.10. The van der Waals surface area contributed by atoms with Crippen molar-refractivity contribution >= 4 is 27.7 Å². The van der Waals surface area contributed by atoms with E-state index in [-0.39, 0.29) is 30.2 Å². The second kappa shape index (κ2) is 6.75. The Hall–Kier alpha value is -1.30. The second-order valence-electron chi connectivity index (χ2n) is 4.87. The van der Waals surface area contributed by atoms with Crippen LogP contribution in [0.4, 0.5) is 0 Å². The van der Waals surface area contributed by atoms with Crippen molar-refractivity contribution in [2.45, 2.75) is 26.8 Å². The van der Waals surface area contributed by atoms with Crippen LogP contribution >= 0.6 is 15.9 Å². The van der Waals surface area contributed by atoms with Crippen LogP contribution in [0.15, 0.2) is 21.2 Å². The van der Waals surface area contributed by atoms with Gasteiger partial charge in [0.1, 0.15) is 0 Å². The maximum absolute atomic E-state index is 11.9. The smallest absolute Gasteiger partial charge is 0.289 e. The molecule has 1 aromatic heterocycles. The molecule has 19 heavy (non-hydrogen) atoms. The van der Waals surface area contributed by atoms with Gasteiger partial charge >= 0.3 is 0 Å². The molecule has 0 aliphatic heterocycles. The first-order valence-electron chi connectivity index (χ1n) is 6.11. The summed E-state index contributed by atoms with van der Waals surface area (Å²) in [6.45, 7) is 6.00. The van der Waals surface area contributed by atoms with E-state index in [0.717, 1.165) is 0 Å². The zero-order valence-corrected chi connectivity index (χ0v) is 13.2. The Bertz CT molecular complexity index is 456. The van der Waals surface area contributed by atoms with Gasteiger partial charge in [-0.15, -0.1) is 0 Å². The van der Waals surface area contributed by atoms with E-state index in [1.165, 1.54) is 4.90 Å². The average Bonchev–Trinajstić information content (AvgIpc) is 2.74. The minimum atomic E-state index is -0.321. The zero-order chi connectivity index (χ0) is 14.6. The van der Waals surface area contributed by atoms with E-state index >= 15 is 0 Å². The van der Waals surface area contributed by atoms with Gasteiger partial charge in [-0.25, -0.2) is 0 Å². The van der Waals surface area contributed by atoms with Gasteiger partial charge in [-0.1, -0.05) is 13.8 Å². The number of carbonyl (C=O) groups excluding carboxylic acids is 2. The van der Waals surface area contributed by atoms with Gasteiger partial charge in [-0.05, 0) is 40.9 Å². The van der Waals surface area contributed by atoms with Crippen LogP contribution in [0.5, 0.6) is 0 Å². The summed E-state index contributed by atoms with van der Waals surface area (Å²) in [5, 5.41) is 2.85. The molecule has 0 fully saturated rings. The molecule has 5 nitrogen and oxygen atoms in total. The van der Waals surface area contributed by atoms with Crippen molar-refractivity contribution in [2.75, 3.05) is 13.6 Å². The lowest BCUT2D eigenvalue weighted by atomic mass is 10.1. The van der Waals surface area contributed by atoms with E-state index in [4.69, 9.17) is 4.42 Å². The molecule has 6 heteroatoms. The van der Waals surface area contributed by atoms with Crippen LogP contribution in [0.1, 0.15) is 31.3 Å². The summed E-state index contributed by atoms with van der Waals surface area (Å²) in [6.07, 6.45) is 0. The number of halogens is 1. The monoisotopic (exact) mass is 330 g/mol. The molecule has 1 atom stereocenters. The van der Waals surface area contributed by atoms with Crippen molar-refractivity contribution in [2.24, 2.45) is 5.92 Å². The first-order chi connectivity index (χ1) is 8.81. The number of amides is 2. The van der Waals surface area contributed by atoms with Crippen molar-refractivity contribution in [1.82, 2.24) is 10.2 Å². The lowest BCUT2D eigenvalue weighted by Crippen LogP contribution is -2.43. The summed E-state index contributed by atoms with van der Waals surface area (Å²) in [5.41, 5.74) is 0. The third-order valence-corrected chi connectivity index (χ3v) is 3.33. The predicted octanol–water partition coefficient (Wildman–Crippen LogP) is 2.27. The number of hydrogen-bond donors (Lipinski definition) is 1. The Labute approximate surface area is 121 Å². The molecule has 1 unspecified atom stereocenters. The molecular formula is C13H19BrN2O3. The maximum Gasteiger partial charge on any atom is 0.289 e. The molecule has 0 bridgehead atoms. The first-order valence-corrected chi connectivity index (χ1v) is 6.90. The molecule has 0 aliphatic rings. The van der Waals surface area contributed by atoms with E-state index in [2.05, 4.69) is 21.2 Å². The van der Waals surface area contributed by atoms with Crippen molar-refractivity contribution in [3.8, 4) is 0 Å². The molecule has 1 heterocycles. The van der Waals surface area contributed by atoms with Crippen LogP contribution in [0, 0.1) is 5.92 Å². The van der Waals surface area contributed by atoms with Crippen molar-refractivity contribution in [3.63, 3.8) is 0 Å². The second-order valence-corrected chi connectivity index (χ2v) is 5.65. The molecule has 0 saturated carbocycles. The molecule has 106 valence electrons. The predicted molar refractivity (Wildman–Crippen MR) is 75.8 cm³/mol. The molecule has 2 amide bonds. The Morgan fingerprint density at radius 2 is 2.00 bits per heavy atom. The number of furan rings is 1. The Morgan fingerprint density at radius 3 is 2.47 bits per heavy atom. The fraction of sp³-hybridized carbons (Fsp3) is 0.538. The topological polar surface area (TPSA) is 62.6 Å². The average molecular weight is 331 g/mol. The molecule has 1 aromatic rings. The highest BCUT2D eigenvalue weighted by atomic mass is 79.9. The van der Waals surface area contributed by atoms with Gasteiger partial charge in [-0.3, -0.25) is 9.59 Å². The first kappa shape index (κ1) is 15.8. The van der Waals surface area contributed by atoms with Crippen LogP contribution in [0.25, 0.3) is 0 Å². The molecule has 0 spiro atoms. The van der Waals surface area contributed by atoms with Crippen LogP contribution in [0.2, 0.25) is 0 Å². The summed E-state index contributed by atoms with van der Waals surface area (Å²) >= 11 is 3.13. The highest BCUT2D eigenvalue weighted by Crippen LogP contribution is 2.15. The van der Waals surface area contributed by atoms with E-state index < -0.39 is 0 Å². The fourth-order valence-electron chi connectivity index (χ4n) is 1.37. The maximum atomic E-state index is 11.9. The number of rotatable bonds is 5. The standard InChI is InChI=1S/C13H19BrN2O3/c1-8(2)9(3)15-12(17)7-16(4)13(18)10-5-6-11(14)19-10/h5-6,8-9H,7H2,1-4H3,(H,15,17). The molecule has 0 aliphatic carbocycles. The number of nitrogens with one attached hydrogen (secondary N) is 1. The molecule has 0 radical (unpaired) electrons. The number of likely N-dealkylation sites (N-methyl/N-ethyl adjacent to an activating group) is 1. The largest absolute Gasteiger partial charge is 0.444 e. The Morgan fingerprint density at radius 1 is 1.37 bits per heavy atom. The van der Waals surface area contributed by atoms with Gasteiger partial charge in [0, 0.05) is 13.1 Å². The van der Waals surface area contributed by atoms with E-state index in [1.807, 2.05) is 20.8 Å². The van der Waals surface area contributed by atoms with Crippen molar-refractivity contribution in [1.29, 1.82) is 0 Å². The van der Waals surface area contributed by atoms with E-state index in [9.17, 15) is 9.59 Å². The quantitative estimate of drug-likeness (QED) is 0.900. The summed E-state index contributed by atoms with van der Waals surface area (Å²) in [5.74, 6) is 0.0609. The molecular weight excluding hydrogens is 312 g/mol. The number of nitrogens with zero attached hydrogens (tertiary/aromatic N) is 1. The van der Waals surface area contributed by atoms with Crippen molar-refractivity contribution in [3.05, 3.63) is 22.6 Å². The zero-order valence-electron chi connectivity index (χ0n) is 11.6. The van der Waals surface area contributed by atoms with Gasteiger partial charge in [0.25, 0.3) is 5.91 Å². The van der Waals surface area contributed by atoms with Crippen LogP contribution in [-0.2, 0) is 4.79 Å². The van der Waals surface area contributed by atoms with Crippen molar-refractivity contribution < 1.29 is 14.0 Å². The minimum Gasteiger partial charge on any atom is -0.444 e. The lowest BCUT2D eigenvalue weighted by Gasteiger charge is -2.20. The summed E-state index contributed by atoms with van der Waals surface area (Å²) in [4.78, 5) is 25.0. The molecule has 0 aromatic carbocycles. The fourth-order valence-corrected chi connectivity index (χ4v) is 1.68. The van der Waals surface area contributed by atoms with Crippen LogP contribution in [-0.4, -0.2) is 36.3 Å². The third-order valence-electron chi connectivity index (χ3n) is 2.90. The molecule has 1 rings (SSSR count). The summed E-state index contributed by atoms with van der Waals surface area (Å²) in [6, 6.07) is 3.29. The minimum absolute atomic E-state index is 0.00815. The summed E-state index contributed by atoms with van der Waals surface area (Å²) in [7, 11) is 1.57. The van der Waals surface area contributed by atoms with Gasteiger partial charge in [0.15, 0.2) is 10.4 Å². The van der Waals surface area contributed by atoms with Gasteiger partial charge in [0.2, 0.25) is 5.91 Å². The SMILES string of the molecule is CC(C)C(C)NC(=O)CN(C)C(=O)c1ccc(Br)o1. The Kier molecular flexibility index (Phi) is 5.60. The van der Waals surface area contributed by atoms with Gasteiger partial charge < -0.3 is 14.6 Å². The van der Waals surface area contributed by atoms with Crippen LogP contribution < -0.4 is 5.32 Å². The Balaban J connectivity index is 2.53. The lowest BCUT2D eigenvalue weighted by molar-refractivity contribution is -0.122. The summed E-state index contributed by atoms with van der Waals surface area (Å²) < 4.78 is 5.65. The van der Waals surface area contributed by atoms with E-state index in [1.54, 1.807) is 19.2 Å². The van der Waals surface area contributed by atoms with Crippen LogP contribution in [0.3, 0.4) is 0 Å². The third kappa shape index (κ3) is 4.70. The number of hydrogen-bond acceptors (Lipinski definition) is 3. The molecule has 1 N–H and O–H groups in total. The van der Waals surface area contributed by atoms with Gasteiger partial charge in [0.05, 0.1) is 6.54 Å². The highest BCUT2D eigenvalue weighted by Gasteiger charge is 2.19. The normalized spacial score (nSPS) is 12.3. The molecule has 0 saturated heterocycles.